The molecule has 60 heavy (non-hydrogen) atoms. The monoisotopic (exact) mass is 904 g/mol. The van der Waals surface area contributed by atoms with Gasteiger partial charge in [-0.25, -0.2) is 0 Å². The number of nitrogen functional groups attached to an aromatic ring is 2. The van der Waals surface area contributed by atoms with Crippen LogP contribution in [0.4, 0.5) is 34.1 Å². The van der Waals surface area contributed by atoms with Crippen LogP contribution in [0.5, 0.6) is 23.0 Å². The fourth-order valence-corrected chi connectivity index (χ4v) is 8.40. The van der Waals surface area contributed by atoms with E-state index in [9.17, 15) is 62.1 Å². The van der Waals surface area contributed by atoms with Crippen LogP contribution in [-0.2, 0) is 40.5 Å². The van der Waals surface area contributed by atoms with Crippen molar-refractivity contribution >= 4 is 96.1 Å². The maximum absolute atomic E-state index is 12.3. The third-order valence-electron chi connectivity index (χ3n) is 8.67. The largest absolute Gasteiger partial charge is 0.507 e. The number of aromatic hydroxyl groups is 2. The van der Waals surface area contributed by atoms with Crippen LogP contribution in [0.15, 0.2) is 113 Å². The quantitative estimate of drug-likeness (QED) is 0.0415. The highest BCUT2D eigenvalue weighted by molar-refractivity contribution is 7.86. The zero-order valence-corrected chi connectivity index (χ0v) is 33.5. The predicted octanol–water partition coefficient (Wildman–Crippen LogP) is 6.07. The number of hydrogen-bond acceptors (Lipinski definition) is 18. The van der Waals surface area contributed by atoms with Crippen LogP contribution in [0.25, 0.3) is 32.7 Å². The van der Waals surface area contributed by atoms with Crippen LogP contribution >= 0.6 is 0 Å². The van der Waals surface area contributed by atoms with Crippen molar-refractivity contribution in [3.05, 3.63) is 72.8 Å². The molecule has 314 valence electrons. The van der Waals surface area contributed by atoms with Crippen LogP contribution in [0, 0.1) is 0 Å². The number of hydrogen-bond donors (Lipinski definition) is 8. The summed E-state index contributed by atoms with van der Waals surface area (Å²) in [5, 5.41) is 35.7. The smallest absolute Gasteiger partial charge is 0.296 e. The van der Waals surface area contributed by atoms with Crippen molar-refractivity contribution in [2.45, 2.75) is 19.6 Å². The average Bonchev–Trinajstić information content (AvgIpc) is 3.14. The van der Waals surface area contributed by atoms with Crippen molar-refractivity contribution in [1.29, 1.82) is 0 Å². The molecule has 10 N–H and O–H groups in total. The van der Waals surface area contributed by atoms with Gasteiger partial charge in [-0.1, -0.05) is 12.1 Å². The average molecular weight is 905 g/mol. The molecule has 0 aliphatic heterocycles. The number of anilines is 2. The first-order chi connectivity index (χ1) is 27.8. The number of phenolic OH excluding ortho intramolecular Hbond substituents is 2. The molecule has 0 bridgehead atoms. The summed E-state index contributed by atoms with van der Waals surface area (Å²) in [5.41, 5.74) is 10.6. The molecule has 0 aromatic heterocycles. The topological polar surface area (TPSA) is 378 Å². The van der Waals surface area contributed by atoms with Gasteiger partial charge in [0.25, 0.3) is 40.5 Å². The molecule has 0 aliphatic rings. The number of nitrogens with two attached hydrogens (primary N) is 2. The molecule has 26 heteroatoms. The summed E-state index contributed by atoms with van der Waals surface area (Å²) in [6, 6.07) is 13.2. The number of methoxy groups -OCH3 is 2. The van der Waals surface area contributed by atoms with Gasteiger partial charge in [-0.2, -0.15) is 33.7 Å². The highest BCUT2D eigenvalue weighted by Gasteiger charge is 2.27. The Morgan fingerprint density at radius 2 is 0.833 bits per heavy atom. The molecule has 6 aromatic carbocycles. The molecule has 0 radical (unpaired) electrons. The maximum Gasteiger partial charge on any atom is 0.296 e. The Bertz CT molecular complexity index is 3100. The maximum atomic E-state index is 12.3. The number of phenols is 2. The van der Waals surface area contributed by atoms with Crippen LogP contribution in [0.2, 0.25) is 0 Å². The lowest BCUT2D eigenvalue weighted by molar-refractivity contribution is 0.415. The molecule has 0 atom stereocenters. The van der Waals surface area contributed by atoms with Crippen molar-refractivity contribution in [1.82, 2.24) is 0 Å². The lowest BCUT2D eigenvalue weighted by atomic mass is 10.0. The number of azo groups is 2. The Balaban J connectivity index is 1.43. The molecule has 0 amide bonds. The second-order valence-electron chi connectivity index (χ2n) is 12.4. The molecule has 6 aromatic rings. The van der Waals surface area contributed by atoms with Gasteiger partial charge in [-0.3, -0.25) is 18.2 Å². The summed E-state index contributed by atoms with van der Waals surface area (Å²) in [4.78, 5) is -3.53. The SMILES string of the molecule is COc1cc(-c2ccc(N=Nc3c(S(=O)(=O)O)cc(O)c4c(N)cc(S(=O)(=O)O)cc34)c(OC)c2)ccc1N=Nc1c(S(=O)(=O)O)cc(O)c2c(N)cc(S(=O)(=O)O)cc12. The van der Waals surface area contributed by atoms with Gasteiger partial charge in [0.05, 0.1) is 24.0 Å². The van der Waals surface area contributed by atoms with Crippen LogP contribution < -0.4 is 20.9 Å². The first-order valence-electron chi connectivity index (χ1n) is 16.1. The van der Waals surface area contributed by atoms with Crippen molar-refractivity contribution in [3.8, 4) is 34.1 Å². The van der Waals surface area contributed by atoms with Crippen molar-refractivity contribution in [2.75, 3.05) is 25.7 Å². The second kappa shape index (κ2) is 15.3. The van der Waals surface area contributed by atoms with E-state index in [2.05, 4.69) is 20.5 Å². The highest BCUT2D eigenvalue weighted by atomic mass is 32.2. The Morgan fingerprint density at radius 3 is 1.13 bits per heavy atom. The Labute approximate surface area is 339 Å². The summed E-state index contributed by atoms with van der Waals surface area (Å²) in [5.74, 6) is -1.46. The van der Waals surface area contributed by atoms with Gasteiger partial charge in [0.15, 0.2) is 0 Å². The predicted molar refractivity (Wildman–Crippen MR) is 213 cm³/mol. The van der Waals surface area contributed by atoms with E-state index in [4.69, 9.17) is 20.9 Å². The van der Waals surface area contributed by atoms with E-state index in [1.165, 1.54) is 50.6 Å². The molecule has 0 heterocycles. The van der Waals surface area contributed by atoms with Gasteiger partial charge < -0.3 is 31.2 Å². The van der Waals surface area contributed by atoms with Gasteiger partial charge in [0.2, 0.25) is 0 Å². The minimum atomic E-state index is -5.14. The summed E-state index contributed by atoms with van der Waals surface area (Å²) >= 11 is 0. The van der Waals surface area contributed by atoms with E-state index in [1.807, 2.05) is 0 Å². The fraction of sp³-hybridized carbons (Fsp3) is 0.0588. The number of ether oxygens (including phenoxy) is 2. The molecule has 0 saturated carbocycles. The molecule has 0 aliphatic carbocycles. The van der Waals surface area contributed by atoms with E-state index in [-0.39, 0.29) is 33.6 Å². The lowest BCUT2D eigenvalue weighted by Crippen LogP contribution is -2.03. The number of fused-ring (bicyclic) bond motifs is 2. The molecule has 0 fully saturated rings. The van der Waals surface area contributed by atoms with Crippen LogP contribution in [-0.4, -0.2) is 76.3 Å². The van der Waals surface area contributed by atoms with Crippen molar-refractivity contribution < 1.29 is 71.6 Å². The fourth-order valence-electron chi connectivity index (χ4n) is 6.00. The minimum absolute atomic E-state index is 0.0337. The van der Waals surface area contributed by atoms with E-state index < -0.39 is 105 Å². The standard InChI is InChI=1S/C34H28N6O16S4/c1-55-27-7-15(3-5-23(27)37-39-33-19-9-17(57(43,44)45)11-21(35)31(19)25(41)13-29(33)59(49,50)51)16-4-6-24(28(8-16)56-2)38-40-34-20-10-18(58(46,47)48)12-22(36)32(20)26(42)14-30(34)60(52,53)54/h3-14,41-42H,35-36H2,1-2H3,(H,43,44,45)(H,46,47,48)(H,49,50,51)(H,52,53,54). The normalized spacial score (nSPS) is 12.8. The van der Waals surface area contributed by atoms with Gasteiger partial charge >= 0.3 is 0 Å². The molecule has 0 unspecified atom stereocenters. The molecular weight excluding hydrogens is 877 g/mol. The Morgan fingerprint density at radius 1 is 0.483 bits per heavy atom. The zero-order chi connectivity index (χ0) is 44.3. The van der Waals surface area contributed by atoms with E-state index >= 15 is 0 Å². The number of benzene rings is 6. The van der Waals surface area contributed by atoms with E-state index in [1.54, 1.807) is 0 Å². The van der Waals surface area contributed by atoms with Gasteiger partial charge in [0.1, 0.15) is 55.5 Å². The Hall–Kier alpha value is -6.52. The van der Waals surface area contributed by atoms with Gasteiger partial charge in [-0.15, -0.1) is 20.5 Å². The highest BCUT2D eigenvalue weighted by Crippen LogP contribution is 2.46. The third-order valence-corrected chi connectivity index (χ3v) is 12.1. The minimum Gasteiger partial charge on any atom is -0.507 e. The summed E-state index contributed by atoms with van der Waals surface area (Å²) in [6.07, 6.45) is 0. The molecule has 22 nitrogen and oxygen atoms in total. The Kier molecular flexibility index (Phi) is 11.0. The molecule has 0 saturated heterocycles. The number of nitrogens with zero attached hydrogens (tertiary/aromatic N) is 4. The summed E-state index contributed by atoms with van der Waals surface area (Å²) < 4.78 is 147. The molecular formula is C34H28N6O16S4. The van der Waals surface area contributed by atoms with Crippen molar-refractivity contribution in [3.63, 3.8) is 0 Å². The van der Waals surface area contributed by atoms with Gasteiger partial charge in [0, 0.05) is 45.1 Å². The first kappa shape index (κ1) is 43.1. The molecule has 0 spiro atoms. The second-order valence-corrected chi connectivity index (χ2v) is 18.1. The summed E-state index contributed by atoms with van der Waals surface area (Å²) in [6.45, 7) is 0. The van der Waals surface area contributed by atoms with E-state index in [0.29, 0.717) is 23.3 Å². The van der Waals surface area contributed by atoms with Crippen LogP contribution in [0.1, 0.15) is 0 Å². The zero-order valence-electron chi connectivity index (χ0n) is 30.3. The first-order valence-corrected chi connectivity index (χ1v) is 21.9. The van der Waals surface area contributed by atoms with E-state index in [0.717, 1.165) is 24.3 Å². The molecule has 6 rings (SSSR count). The number of rotatable bonds is 11. The third kappa shape index (κ3) is 8.33. The van der Waals surface area contributed by atoms with Gasteiger partial charge in [-0.05, 0) is 59.7 Å². The van der Waals surface area contributed by atoms with Crippen molar-refractivity contribution in [2.24, 2.45) is 20.5 Å². The summed E-state index contributed by atoms with van der Waals surface area (Å²) in [7, 11) is -17.6. The lowest BCUT2D eigenvalue weighted by Gasteiger charge is -2.13. The van der Waals surface area contributed by atoms with Crippen LogP contribution in [0.3, 0.4) is 0 Å².